The van der Waals surface area contributed by atoms with E-state index in [0.717, 1.165) is 25.8 Å². The number of carbonyl (C=O) groups excluding carboxylic acids is 1. The number of nitrogens with zero attached hydrogens (tertiary/aromatic N) is 6. The lowest BCUT2D eigenvalue weighted by Gasteiger charge is -2.40. The minimum absolute atomic E-state index is 0.0567. The first kappa shape index (κ1) is 33.5. The molecule has 0 aromatic carbocycles. The van der Waals surface area contributed by atoms with Gasteiger partial charge in [-0.3, -0.25) is 14.2 Å². The van der Waals surface area contributed by atoms with E-state index in [2.05, 4.69) is 19.9 Å². The van der Waals surface area contributed by atoms with Crippen LogP contribution in [0.15, 0.2) is 35.5 Å². The Labute approximate surface area is 254 Å². The van der Waals surface area contributed by atoms with Gasteiger partial charge in [-0.05, 0) is 58.7 Å². The van der Waals surface area contributed by atoms with Crippen LogP contribution >= 0.6 is 11.9 Å². The molecule has 4 heterocycles. The van der Waals surface area contributed by atoms with Gasteiger partial charge in [0.25, 0.3) is 11.9 Å². The van der Waals surface area contributed by atoms with Gasteiger partial charge in [0.1, 0.15) is 18.3 Å². The Morgan fingerprint density at radius 3 is 2.36 bits per heavy atom. The van der Waals surface area contributed by atoms with Crippen molar-refractivity contribution in [3.63, 3.8) is 0 Å². The number of anilines is 1. The number of carbonyl (C=O) groups is 1. The molecule has 0 saturated carbocycles. The summed E-state index contributed by atoms with van der Waals surface area (Å²) in [6.45, 7) is 5.13. The first-order valence-corrected chi connectivity index (χ1v) is 14.0. The van der Waals surface area contributed by atoms with Crippen LogP contribution in [-0.4, -0.2) is 92.6 Å². The Morgan fingerprint density at radius 2 is 1.82 bits per heavy atom. The summed E-state index contributed by atoms with van der Waals surface area (Å²) in [7, 11) is 1.72. The predicted octanol–water partition coefficient (Wildman–Crippen LogP) is 1.24. The van der Waals surface area contributed by atoms with E-state index < -0.39 is 53.9 Å². The minimum Gasteiger partial charge on any atom is -0.476 e. The second kappa shape index (κ2) is 11.2. The highest BCUT2D eigenvalue weighted by molar-refractivity contribution is 7.98. The van der Waals surface area contributed by atoms with Crippen LogP contribution in [0.5, 0.6) is 5.88 Å². The first-order valence-electron chi connectivity index (χ1n) is 13.2. The summed E-state index contributed by atoms with van der Waals surface area (Å²) in [6.07, 6.45) is -1.46. The summed E-state index contributed by atoms with van der Waals surface area (Å²) in [6, 6.07) is 4.08. The standard InChI is InChI=1S/C26H34F3N7O7S/c1-14-16(11-34(6)31-14)44-33-21(37)15-7-8-18(36-10-9-19(32-36)43-13-22(2,3)26(27,28)29)30-20(15)35-12-17(25(40,41)42)24(38,39)23(35,4)5/h7-11,17,38-42H,12-13H2,1-6H3,(H,33,37). The van der Waals surface area contributed by atoms with Crippen LogP contribution in [0.1, 0.15) is 43.7 Å². The average molecular weight is 646 g/mol. The van der Waals surface area contributed by atoms with Gasteiger partial charge < -0.3 is 35.2 Å². The Morgan fingerprint density at radius 1 is 1.16 bits per heavy atom. The number of aromatic nitrogens is 5. The lowest BCUT2D eigenvalue weighted by molar-refractivity contribution is -0.386. The number of ether oxygens (including phenoxy) is 1. The highest BCUT2D eigenvalue weighted by atomic mass is 32.2. The molecule has 0 spiro atoms. The first-order chi connectivity index (χ1) is 20.1. The third-order valence-corrected chi connectivity index (χ3v) is 8.53. The summed E-state index contributed by atoms with van der Waals surface area (Å²) in [5.41, 5.74) is -3.32. The second-order valence-corrected chi connectivity index (χ2v) is 12.6. The number of amides is 1. The molecule has 1 fully saturated rings. The van der Waals surface area contributed by atoms with E-state index in [1.807, 2.05) is 0 Å². The molecule has 1 saturated heterocycles. The van der Waals surface area contributed by atoms with Gasteiger partial charge in [-0.1, -0.05) is 0 Å². The molecule has 18 heteroatoms. The molecule has 1 aliphatic heterocycles. The number of nitrogens with one attached hydrogen (secondary N) is 1. The van der Waals surface area contributed by atoms with Crippen molar-refractivity contribution >= 4 is 23.7 Å². The van der Waals surface area contributed by atoms with Gasteiger partial charge in [0, 0.05) is 32.1 Å². The van der Waals surface area contributed by atoms with E-state index in [1.165, 1.54) is 47.8 Å². The zero-order valence-electron chi connectivity index (χ0n) is 24.7. The topological polar surface area (TPSA) is 191 Å². The maximum Gasteiger partial charge on any atom is 0.397 e. The number of hydrogen-bond donors (Lipinski definition) is 6. The van der Waals surface area contributed by atoms with E-state index in [9.17, 15) is 43.5 Å². The van der Waals surface area contributed by atoms with Gasteiger partial charge in [-0.25, -0.2) is 9.67 Å². The normalized spacial score (nSPS) is 18.5. The van der Waals surface area contributed by atoms with Crippen molar-refractivity contribution < 1.29 is 48.2 Å². The van der Waals surface area contributed by atoms with Gasteiger partial charge in [0.15, 0.2) is 11.6 Å². The maximum atomic E-state index is 13.4. The number of aliphatic hydroxyl groups is 5. The van der Waals surface area contributed by atoms with Crippen LogP contribution in [-0.2, 0) is 7.05 Å². The minimum atomic E-state index is -4.51. The van der Waals surface area contributed by atoms with Gasteiger partial charge in [-0.2, -0.15) is 18.3 Å². The zero-order valence-corrected chi connectivity index (χ0v) is 25.5. The van der Waals surface area contributed by atoms with Gasteiger partial charge in [0.05, 0.1) is 27.1 Å². The molecular formula is C26H34F3N7O7S. The second-order valence-electron chi connectivity index (χ2n) is 11.7. The molecule has 1 aliphatic rings. The van der Waals surface area contributed by atoms with Crippen molar-refractivity contribution in [2.75, 3.05) is 18.1 Å². The van der Waals surface area contributed by atoms with Crippen molar-refractivity contribution in [1.82, 2.24) is 29.3 Å². The smallest absolute Gasteiger partial charge is 0.397 e. The van der Waals surface area contributed by atoms with Gasteiger partial charge >= 0.3 is 6.18 Å². The van der Waals surface area contributed by atoms with Crippen molar-refractivity contribution in [3.8, 4) is 11.7 Å². The predicted molar refractivity (Wildman–Crippen MR) is 149 cm³/mol. The highest BCUT2D eigenvalue weighted by Gasteiger charge is 2.65. The molecule has 0 aliphatic carbocycles. The van der Waals surface area contributed by atoms with Crippen LogP contribution in [0.3, 0.4) is 0 Å². The maximum absolute atomic E-state index is 13.4. The van der Waals surface area contributed by atoms with E-state index in [1.54, 1.807) is 24.9 Å². The molecule has 0 bridgehead atoms. The molecule has 6 N–H and O–H groups in total. The van der Waals surface area contributed by atoms with E-state index in [-0.39, 0.29) is 23.1 Å². The monoisotopic (exact) mass is 645 g/mol. The van der Waals surface area contributed by atoms with Gasteiger partial charge in [-0.15, -0.1) is 5.10 Å². The number of rotatable bonds is 9. The van der Waals surface area contributed by atoms with Crippen LogP contribution in [0.2, 0.25) is 0 Å². The Bertz CT molecular complexity index is 1530. The van der Waals surface area contributed by atoms with E-state index >= 15 is 0 Å². The molecule has 1 atom stereocenters. The molecule has 3 aromatic rings. The fourth-order valence-electron chi connectivity index (χ4n) is 4.54. The molecule has 4 rings (SSSR count). The summed E-state index contributed by atoms with van der Waals surface area (Å²) < 4.78 is 50.5. The molecule has 3 aromatic heterocycles. The lowest BCUT2D eigenvalue weighted by atomic mass is 9.86. The molecule has 14 nitrogen and oxygen atoms in total. The number of alkyl halides is 3. The Balaban J connectivity index is 1.72. The quantitative estimate of drug-likeness (QED) is 0.144. The fourth-order valence-corrected chi connectivity index (χ4v) is 5.24. The van der Waals surface area contributed by atoms with Crippen molar-refractivity contribution in [2.24, 2.45) is 18.4 Å². The number of pyridine rings is 1. The summed E-state index contributed by atoms with van der Waals surface area (Å²) in [4.78, 5) is 19.8. The highest BCUT2D eigenvalue weighted by Crippen LogP contribution is 2.46. The number of hydrogen-bond acceptors (Lipinski definition) is 12. The summed E-state index contributed by atoms with van der Waals surface area (Å²) in [5, 5.41) is 59.9. The Hall–Kier alpha value is -3.42. The molecule has 0 radical (unpaired) electrons. The van der Waals surface area contributed by atoms with Crippen LogP contribution in [0, 0.1) is 18.3 Å². The van der Waals surface area contributed by atoms with Crippen molar-refractivity contribution in [1.29, 1.82) is 0 Å². The summed E-state index contributed by atoms with van der Waals surface area (Å²) >= 11 is 0.977. The Kier molecular flexibility index (Phi) is 8.51. The molecular weight excluding hydrogens is 611 g/mol. The molecule has 1 amide bonds. The van der Waals surface area contributed by atoms with Crippen LogP contribution in [0.4, 0.5) is 19.0 Å². The summed E-state index contributed by atoms with van der Waals surface area (Å²) in [5.74, 6) is -9.23. The average Bonchev–Trinajstić information content (AvgIpc) is 3.54. The fraction of sp³-hybridized carbons (Fsp3) is 0.538. The number of halogens is 3. The van der Waals surface area contributed by atoms with Crippen LogP contribution in [0.25, 0.3) is 5.82 Å². The van der Waals surface area contributed by atoms with Crippen molar-refractivity contribution in [3.05, 3.63) is 41.9 Å². The molecule has 242 valence electrons. The third kappa shape index (κ3) is 6.22. The lowest BCUT2D eigenvalue weighted by Crippen LogP contribution is -2.59. The largest absolute Gasteiger partial charge is 0.476 e. The molecule has 44 heavy (non-hydrogen) atoms. The van der Waals surface area contributed by atoms with Gasteiger partial charge in [0.2, 0.25) is 5.88 Å². The van der Waals surface area contributed by atoms with Crippen molar-refractivity contribution in [2.45, 2.75) is 63.0 Å². The third-order valence-electron chi connectivity index (χ3n) is 7.62. The van der Waals surface area contributed by atoms with Crippen LogP contribution < -0.4 is 14.4 Å². The number of aryl methyl sites for hydroxylation is 2. The zero-order chi connectivity index (χ0) is 33.0. The molecule has 1 unspecified atom stereocenters. The SMILES string of the molecule is Cc1nn(C)cc1SNC(=O)c1ccc(-n2ccc(OCC(C)(C)C(F)(F)F)n2)nc1N1CC(C(O)(O)O)C(O)(O)C1(C)C. The van der Waals surface area contributed by atoms with E-state index in [4.69, 9.17) is 4.74 Å². The van der Waals surface area contributed by atoms with E-state index in [0.29, 0.717) is 10.6 Å².